The SMILES string of the molecule is O=C(O)CCCC(=O)NCCCC1CCN(c2cc(N3CCCC3)nc(C(F)(F)F)n2)CC1. The molecule has 2 saturated heterocycles. The number of carboxylic acids is 1. The van der Waals surface area contributed by atoms with Crippen molar-refractivity contribution in [2.24, 2.45) is 5.92 Å². The van der Waals surface area contributed by atoms with E-state index >= 15 is 0 Å². The maximum Gasteiger partial charge on any atom is 0.451 e. The molecule has 2 aliphatic rings. The van der Waals surface area contributed by atoms with E-state index in [4.69, 9.17) is 5.11 Å². The number of rotatable bonds is 10. The van der Waals surface area contributed by atoms with Crippen LogP contribution in [0.1, 0.15) is 63.6 Å². The van der Waals surface area contributed by atoms with Gasteiger partial charge in [0.15, 0.2) is 0 Å². The molecule has 0 aliphatic carbocycles. The van der Waals surface area contributed by atoms with Gasteiger partial charge in [-0.2, -0.15) is 13.2 Å². The van der Waals surface area contributed by atoms with Gasteiger partial charge in [-0.1, -0.05) is 0 Å². The standard InChI is InChI=1S/C22H32F3N5O3/c23-22(24,25)21-27-17(29-11-1-2-12-29)15-18(28-21)30-13-8-16(9-14-30)5-4-10-26-19(31)6-3-7-20(32)33/h15-16H,1-14H2,(H,26,31)(H,32,33). The molecule has 1 aromatic heterocycles. The number of anilines is 2. The normalized spacial score (nSPS) is 17.4. The number of hydrogen-bond donors (Lipinski definition) is 2. The Morgan fingerprint density at radius 1 is 1.00 bits per heavy atom. The predicted octanol–water partition coefficient (Wildman–Crippen LogP) is 3.46. The Balaban J connectivity index is 1.46. The van der Waals surface area contributed by atoms with Gasteiger partial charge in [0.2, 0.25) is 11.7 Å². The van der Waals surface area contributed by atoms with Crippen molar-refractivity contribution in [1.82, 2.24) is 15.3 Å². The number of alkyl halides is 3. The molecule has 0 unspecified atom stereocenters. The topological polar surface area (TPSA) is 98.7 Å². The number of carbonyl (C=O) groups excluding carboxylic acids is 1. The number of nitrogens with one attached hydrogen (secondary N) is 1. The highest BCUT2D eigenvalue weighted by molar-refractivity contribution is 5.76. The summed E-state index contributed by atoms with van der Waals surface area (Å²) < 4.78 is 40.1. The first kappa shape index (κ1) is 25.0. The second-order valence-corrected chi connectivity index (χ2v) is 8.77. The third-order valence-corrected chi connectivity index (χ3v) is 6.23. The zero-order valence-corrected chi connectivity index (χ0v) is 18.7. The summed E-state index contributed by atoms with van der Waals surface area (Å²) in [4.78, 5) is 33.6. The fourth-order valence-electron chi connectivity index (χ4n) is 4.38. The maximum absolute atomic E-state index is 13.4. The number of hydrogen-bond acceptors (Lipinski definition) is 6. The molecule has 0 saturated carbocycles. The number of carbonyl (C=O) groups is 2. The summed E-state index contributed by atoms with van der Waals surface area (Å²) in [5.41, 5.74) is 0. The maximum atomic E-state index is 13.4. The highest BCUT2D eigenvalue weighted by Crippen LogP contribution is 2.33. The largest absolute Gasteiger partial charge is 0.481 e. The van der Waals surface area contributed by atoms with Crippen LogP contribution in [0.2, 0.25) is 0 Å². The second-order valence-electron chi connectivity index (χ2n) is 8.77. The summed E-state index contributed by atoms with van der Waals surface area (Å²) >= 11 is 0. The summed E-state index contributed by atoms with van der Waals surface area (Å²) in [5.74, 6) is -0.977. The van der Waals surface area contributed by atoms with Gasteiger partial charge in [-0.15, -0.1) is 0 Å². The molecule has 2 fully saturated rings. The summed E-state index contributed by atoms with van der Waals surface area (Å²) in [6.45, 7) is 3.25. The van der Waals surface area contributed by atoms with E-state index < -0.39 is 18.0 Å². The fraction of sp³-hybridized carbons (Fsp3) is 0.727. The van der Waals surface area contributed by atoms with E-state index in [0.29, 0.717) is 56.7 Å². The van der Waals surface area contributed by atoms with Crippen LogP contribution in [0.5, 0.6) is 0 Å². The minimum absolute atomic E-state index is 0.0116. The van der Waals surface area contributed by atoms with Crippen LogP contribution in [-0.2, 0) is 15.8 Å². The van der Waals surface area contributed by atoms with Gasteiger partial charge < -0.3 is 20.2 Å². The predicted molar refractivity (Wildman–Crippen MR) is 117 cm³/mol. The molecule has 0 aromatic carbocycles. The van der Waals surface area contributed by atoms with Crippen LogP contribution in [0.15, 0.2) is 6.07 Å². The van der Waals surface area contributed by atoms with Crippen LogP contribution >= 0.6 is 0 Å². The van der Waals surface area contributed by atoms with Crippen molar-refractivity contribution < 1.29 is 27.9 Å². The lowest BCUT2D eigenvalue weighted by molar-refractivity contribution is -0.145. The van der Waals surface area contributed by atoms with Crippen molar-refractivity contribution in [2.45, 2.75) is 64.0 Å². The molecule has 0 radical (unpaired) electrons. The molecule has 0 atom stereocenters. The lowest BCUT2D eigenvalue weighted by atomic mass is 9.92. The van der Waals surface area contributed by atoms with E-state index in [9.17, 15) is 22.8 Å². The molecule has 2 aliphatic heterocycles. The van der Waals surface area contributed by atoms with E-state index in [2.05, 4.69) is 15.3 Å². The molecule has 11 heteroatoms. The molecule has 33 heavy (non-hydrogen) atoms. The van der Waals surface area contributed by atoms with Crippen LogP contribution in [0.3, 0.4) is 0 Å². The first-order valence-electron chi connectivity index (χ1n) is 11.7. The molecule has 2 N–H and O–H groups in total. The van der Waals surface area contributed by atoms with Gasteiger partial charge >= 0.3 is 12.1 Å². The number of nitrogens with zero attached hydrogens (tertiary/aromatic N) is 4. The Hall–Kier alpha value is -2.59. The third-order valence-electron chi connectivity index (χ3n) is 6.23. The third kappa shape index (κ3) is 7.75. The monoisotopic (exact) mass is 471 g/mol. The number of piperidine rings is 1. The second kappa shape index (κ2) is 11.5. The van der Waals surface area contributed by atoms with Gasteiger partial charge in [0.1, 0.15) is 11.6 Å². The Morgan fingerprint density at radius 2 is 1.61 bits per heavy atom. The van der Waals surface area contributed by atoms with Crippen molar-refractivity contribution in [2.75, 3.05) is 42.5 Å². The molecule has 1 aromatic rings. The van der Waals surface area contributed by atoms with Gasteiger partial charge in [-0.3, -0.25) is 9.59 Å². The van der Waals surface area contributed by atoms with E-state index in [0.717, 1.165) is 38.5 Å². The van der Waals surface area contributed by atoms with Gasteiger partial charge in [-0.25, -0.2) is 9.97 Å². The van der Waals surface area contributed by atoms with Crippen LogP contribution in [-0.4, -0.2) is 59.7 Å². The molecular formula is C22H32F3N5O3. The fourth-order valence-corrected chi connectivity index (χ4v) is 4.38. The van der Waals surface area contributed by atoms with Gasteiger partial charge in [0, 0.05) is 51.6 Å². The Bertz CT molecular complexity index is 807. The Labute approximate surface area is 191 Å². The number of amides is 1. The van der Waals surface area contributed by atoms with Gasteiger partial charge in [-0.05, 0) is 50.9 Å². The van der Waals surface area contributed by atoms with Crippen molar-refractivity contribution >= 4 is 23.5 Å². The van der Waals surface area contributed by atoms with Crippen LogP contribution in [0.4, 0.5) is 24.8 Å². The van der Waals surface area contributed by atoms with Crippen LogP contribution < -0.4 is 15.1 Å². The molecule has 3 rings (SSSR count). The summed E-state index contributed by atoms with van der Waals surface area (Å²) in [5, 5.41) is 11.4. The zero-order chi connectivity index (χ0) is 23.8. The summed E-state index contributed by atoms with van der Waals surface area (Å²) in [7, 11) is 0. The molecule has 0 spiro atoms. The molecule has 8 nitrogen and oxygen atoms in total. The Morgan fingerprint density at radius 3 is 2.18 bits per heavy atom. The molecule has 0 bridgehead atoms. The lowest BCUT2D eigenvalue weighted by Gasteiger charge is -2.33. The number of aliphatic carboxylic acids is 1. The van der Waals surface area contributed by atoms with Crippen molar-refractivity contribution in [1.29, 1.82) is 0 Å². The smallest absolute Gasteiger partial charge is 0.451 e. The van der Waals surface area contributed by atoms with Crippen LogP contribution in [0, 0.1) is 5.92 Å². The molecule has 184 valence electrons. The minimum Gasteiger partial charge on any atom is -0.481 e. The highest BCUT2D eigenvalue weighted by atomic mass is 19.4. The Kier molecular flexibility index (Phi) is 8.74. The van der Waals surface area contributed by atoms with Crippen LogP contribution in [0.25, 0.3) is 0 Å². The summed E-state index contributed by atoms with van der Waals surface area (Å²) in [6, 6.07) is 1.68. The van der Waals surface area contributed by atoms with Crippen molar-refractivity contribution in [3.05, 3.63) is 11.9 Å². The average molecular weight is 472 g/mol. The highest BCUT2D eigenvalue weighted by Gasteiger charge is 2.37. The van der Waals surface area contributed by atoms with Gasteiger partial charge in [0.25, 0.3) is 0 Å². The van der Waals surface area contributed by atoms with Crippen molar-refractivity contribution in [3.63, 3.8) is 0 Å². The lowest BCUT2D eigenvalue weighted by Crippen LogP contribution is -2.35. The van der Waals surface area contributed by atoms with E-state index in [1.807, 2.05) is 9.80 Å². The number of aromatic nitrogens is 2. The van der Waals surface area contributed by atoms with E-state index in [1.165, 1.54) is 0 Å². The van der Waals surface area contributed by atoms with Crippen molar-refractivity contribution in [3.8, 4) is 0 Å². The molecule has 1 amide bonds. The van der Waals surface area contributed by atoms with E-state index in [-0.39, 0.29) is 18.7 Å². The molecular weight excluding hydrogens is 439 g/mol. The first-order chi connectivity index (χ1) is 15.7. The quantitative estimate of drug-likeness (QED) is 0.504. The molecule has 3 heterocycles. The number of carboxylic acid groups (broad SMARTS) is 1. The van der Waals surface area contributed by atoms with E-state index in [1.54, 1.807) is 6.07 Å². The summed E-state index contributed by atoms with van der Waals surface area (Å²) in [6.07, 6.45) is 1.32. The minimum atomic E-state index is -4.58. The zero-order valence-electron chi connectivity index (χ0n) is 18.7. The first-order valence-corrected chi connectivity index (χ1v) is 11.7. The van der Waals surface area contributed by atoms with Gasteiger partial charge in [0.05, 0.1) is 0 Å². The number of halogens is 3. The average Bonchev–Trinajstić information content (AvgIpc) is 3.31.